The fourth-order valence-electron chi connectivity index (χ4n) is 4.08. The minimum absolute atomic E-state index is 0.0561. The van der Waals surface area contributed by atoms with E-state index in [-0.39, 0.29) is 11.8 Å². The van der Waals surface area contributed by atoms with Crippen LogP contribution in [0.4, 0.5) is 5.82 Å². The number of nitrogens with one attached hydrogen (secondary N) is 1. The Kier molecular flexibility index (Phi) is 6.41. The van der Waals surface area contributed by atoms with Gasteiger partial charge in [-0.2, -0.15) is 0 Å². The molecule has 1 N–H and O–H groups in total. The number of aromatic nitrogens is 3. The van der Waals surface area contributed by atoms with Crippen molar-refractivity contribution in [3.8, 4) is 0 Å². The van der Waals surface area contributed by atoms with E-state index in [0.717, 1.165) is 62.6 Å². The average Bonchev–Trinajstić information content (AvgIpc) is 2.76. The van der Waals surface area contributed by atoms with Crippen molar-refractivity contribution < 1.29 is 4.79 Å². The number of amides is 1. The summed E-state index contributed by atoms with van der Waals surface area (Å²) in [6.07, 6.45) is 11.7. The molecule has 0 bridgehead atoms. The maximum Gasteiger partial charge on any atom is 0.225 e. The summed E-state index contributed by atoms with van der Waals surface area (Å²) in [6.45, 7) is 1.74. The number of thioether (sulfide) groups is 1. The third-order valence-corrected chi connectivity index (χ3v) is 6.83. The van der Waals surface area contributed by atoms with Gasteiger partial charge in [0, 0.05) is 43.0 Å². The lowest BCUT2D eigenvalue weighted by Gasteiger charge is -2.34. The van der Waals surface area contributed by atoms with E-state index in [9.17, 15) is 4.79 Å². The van der Waals surface area contributed by atoms with Crippen LogP contribution >= 0.6 is 11.8 Å². The van der Waals surface area contributed by atoms with Gasteiger partial charge >= 0.3 is 0 Å². The number of piperidine rings is 1. The predicted octanol–water partition coefficient (Wildman–Crippen LogP) is 3.31. The zero-order valence-corrected chi connectivity index (χ0v) is 16.9. The quantitative estimate of drug-likeness (QED) is 0.781. The molecule has 4 rings (SSSR count). The van der Waals surface area contributed by atoms with Gasteiger partial charge in [0.2, 0.25) is 5.91 Å². The first-order valence-electron chi connectivity index (χ1n) is 10.2. The third kappa shape index (κ3) is 5.01. The SMILES string of the molecule is O=C(NC1CCC(Sc2ncccn2)CC1)C1CCCN(c2ccccn2)C1. The zero-order valence-electron chi connectivity index (χ0n) is 16.0. The molecule has 1 saturated heterocycles. The van der Waals surface area contributed by atoms with Gasteiger partial charge in [-0.15, -0.1) is 0 Å². The van der Waals surface area contributed by atoms with E-state index < -0.39 is 0 Å². The third-order valence-electron chi connectivity index (χ3n) is 5.60. The van der Waals surface area contributed by atoms with E-state index in [4.69, 9.17) is 0 Å². The van der Waals surface area contributed by atoms with Gasteiger partial charge < -0.3 is 10.2 Å². The van der Waals surface area contributed by atoms with Gasteiger partial charge in [-0.1, -0.05) is 17.8 Å². The summed E-state index contributed by atoms with van der Waals surface area (Å²) < 4.78 is 0. The zero-order chi connectivity index (χ0) is 19.2. The standard InChI is InChI=1S/C21H27N5OS/c27-20(16-5-3-14-26(15-16)19-6-1-2-11-22-19)25-17-7-9-18(10-8-17)28-21-23-12-4-13-24-21/h1-2,4,6,11-13,16-18H,3,5,7-10,14-15H2,(H,25,27). The first-order valence-corrected chi connectivity index (χ1v) is 11.1. The maximum absolute atomic E-state index is 12.8. The van der Waals surface area contributed by atoms with Crippen LogP contribution in [-0.2, 0) is 4.79 Å². The van der Waals surface area contributed by atoms with Crippen molar-refractivity contribution in [2.45, 2.75) is 55.0 Å². The van der Waals surface area contributed by atoms with Crippen molar-refractivity contribution in [2.75, 3.05) is 18.0 Å². The highest BCUT2D eigenvalue weighted by atomic mass is 32.2. The Morgan fingerprint density at radius 3 is 2.54 bits per heavy atom. The summed E-state index contributed by atoms with van der Waals surface area (Å²) in [5.74, 6) is 1.24. The number of rotatable bonds is 5. The summed E-state index contributed by atoms with van der Waals surface area (Å²) in [6, 6.07) is 8.09. The van der Waals surface area contributed by atoms with Gasteiger partial charge in [0.15, 0.2) is 5.16 Å². The van der Waals surface area contributed by atoms with Gasteiger partial charge in [-0.3, -0.25) is 4.79 Å². The van der Waals surface area contributed by atoms with Crippen molar-refractivity contribution in [3.05, 3.63) is 42.9 Å². The molecule has 1 saturated carbocycles. The summed E-state index contributed by atoms with van der Waals surface area (Å²) in [4.78, 5) is 28.1. The summed E-state index contributed by atoms with van der Waals surface area (Å²) in [5.41, 5.74) is 0. The molecule has 2 aliphatic rings. The lowest BCUT2D eigenvalue weighted by atomic mass is 9.92. The van der Waals surface area contributed by atoms with Crippen molar-refractivity contribution in [1.82, 2.24) is 20.3 Å². The highest BCUT2D eigenvalue weighted by Crippen LogP contribution is 2.32. The molecule has 1 amide bonds. The fourth-order valence-corrected chi connectivity index (χ4v) is 5.13. The second-order valence-electron chi connectivity index (χ2n) is 7.60. The molecule has 3 heterocycles. The van der Waals surface area contributed by atoms with Crippen LogP contribution in [0, 0.1) is 5.92 Å². The number of hydrogen-bond acceptors (Lipinski definition) is 6. The lowest BCUT2D eigenvalue weighted by Crippen LogP contribution is -2.47. The molecule has 1 aliphatic heterocycles. The van der Waals surface area contributed by atoms with Crippen molar-refractivity contribution in [1.29, 1.82) is 0 Å². The van der Waals surface area contributed by atoms with Gasteiger partial charge in [0.05, 0.1) is 5.92 Å². The van der Waals surface area contributed by atoms with Gasteiger partial charge in [0.1, 0.15) is 5.82 Å². The van der Waals surface area contributed by atoms with E-state index in [1.807, 2.05) is 30.5 Å². The Morgan fingerprint density at radius 1 is 1.00 bits per heavy atom. The van der Waals surface area contributed by atoms with Crippen LogP contribution in [0.1, 0.15) is 38.5 Å². The average molecular weight is 398 g/mol. The molecular weight excluding hydrogens is 370 g/mol. The van der Waals surface area contributed by atoms with Crippen LogP contribution in [0.3, 0.4) is 0 Å². The number of carbonyl (C=O) groups is 1. The van der Waals surface area contributed by atoms with Crippen LogP contribution in [0.15, 0.2) is 48.0 Å². The topological polar surface area (TPSA) is 71.0 Å². The van der Waals surface area contributed by atoms with Crippen molar-refractivity contribution >= 4 is 23.5 Å². The Morgan fingerprint density at radius 2 is 1.79 bits per heavy atom. The smallest absolute Gasteiger partial charge is 0.225 e. The fraction of sp³-hybridized carbons (Fsp3) is 0.524. The van der Waals surface area contributed by atoms with E-state index in [1.165, 1.54) is 0 Å². The number of anilines is 1. The minimum atomic E-state index is 0.0561. The molecule has 148 valence electrons. The summed E-state index contributed by atoms with van der Waals surface area (Å²) in [7, 11) is 0. The number of pyridine rings is 1. The predicted molar refractivity (Wildman–Crippen MR) is 111 cm³/mol. The van der Waals surface area contributed by atoms with E-state index in [0.29, 0.717) is 11.3 Å². The van der Waals surface area contributed by atoms with Crippen molar-refractivity contribution in [3.63, 3.8) is 0 Å². The maximum atomic E-state index is 12.8. The lowest BCUT2D eigenvalue weighted by molar-refractivity contribution is -0.126. The van der Waals surface area contributed by atoms with E-state index in [1.54, 1.807) is 24.2 Å². The van der Waals surface area contributed by atoms with Gasteiger partial charge in [0.25, 0.3) is 0 Å². The Labute approximate surface area is 170 Å². The molecule has 1 unspecified atom stereocenters. The van der Waals surface area contributed by atoms with Crippen LogP contribution in [-0.4, -0.2) is 45.2 Å². The van der Waals surface area contributed by atoms with Crippen LogP contribution in [0.5, 0.6) is 0 Å². The minimum Gasteiger partial charge on any atom is -0.356 e. The Hall–Kier alpha value is -2.15. The Balaban J connectivity index is 1.24. The number of hydrogen-bond donors (Lipinski definition) is 1. The van der Waals surface area contributed by atoms with Gasteiger partial charge in [-0.25, -0.2) is 15.0 Å². The second kappa shape index (κ2) is 9.37. The number of nitrogens with zero attached hydrogens (tertiary/aromatic N) is 4. The molecule has 2 aromatic rings. The molecule has 1 aliphatic carbocycles. The first kappa shape index (κ1) is 19.2. The van der Waals surface area contributed by atoms with Gasteiger partial charge in [-0.05, 0) is 56.7 Å². The largest absolute Gasteiger partial charge is 0.356 e. The molecule has 0 radical (unpaired) electrons. The molecule has 2 fully saturated rings. The summed E-state index contributed by atoms with van der Waals surface area (Å²) in [5, 5.41) is 4.72. The molecule has 2 aromatic heterocycles. The highest BCUT2D eigenvalue weighted by Gasteiger charge is 2.29. The number of carbonyl (C=O) groups excluding carboxylic acids is 1. The Bertz CT molecular complexity index is 752. The van der Waals surface area contributed by atoms with Crippen LogP contribution < -0.4 is 10.2 Å². The molecular formula is C21H27N5OS. The first-order chi connectivity index (χ1) is 13.8. The second-order valence-corrected chi connectivity index (χ2v) is 8.87. The highest BCUT2D eigenvalue weighted by molar-refractivity contribution is 7.99. The van der Waals surface area contributed by atoms with E-state index in [2.05, 4.69) is 25.2 Å². The molecule has 7 heteroatoms. The van der Waals surface area contributed by atoms with E-state index >= 15 is 0 Å². The molecule has 1 atom stereocenters. The normalized spacial score (nSPS) is 25.3. The van der Waals surface area contributed by atoms with Crippen LogP contribution in [0.25, 0.3) is 0 Å². The van der Waals surface area contributed by atoms with Crippen LogP contribution in [0.2, 0.25) is 0 Å². The summed E-state index contributed by atoms with van der Waals surface area (Å²) >= 11 is 1.76. The van der Waals surface area contributed by atoms with Crippen molar-refractivity contribution in [2.24, 2.45) is 5.92 Å². The monoisotopic (exact) mass is 397 g/mol. The molecule has 0 spiro atoms. The molecule has 6 nitrogen and oxygen atoms in total. The molecule has 0 aromatic carbocycles. The molecule has 28 heavy (non-hydrogen) atoms.